The number of nitrogens with two attached hydrogens (primary N) is 1. The monoisotopic (exact) mass is 496 g/mol. The van der Waals surface area contributed by atoms with Crippen molar-refractivity contribution in [2.75, 3.05) is 12.0 Å². The van der Waals surface area contributed by atoms with Gasteiger partial charge in [0, 0.05) is 0 Å². The molecule has 190 valence electrons. The van der Waals surface area contributed by atoms with Crippen molar-refractivity contribution in [3.05, 3.63) is 35.9 Å². The van der Waals surface area contributed by atoms with Crippen LogP contribution in [0.2, 0.25) is 0 Å². The molecule has 5 atom stereocenters. The Morgan fingerprint density at radius 3 is 2.03 bits per heavy atom. The summed E-state index contributed by atoms with van der Waals surface area (Å²) in [6.45, 7) is 4.74. The second-order valence-electron chi connectivity index (χ2n) is 8.43. The smallest absolute Gasteiger partial charge is 0.328 e. The van der Waals surface area contributed by atoms with Crippen LogP contribution in [0.15, 0.2) is 30.3 Å². The first kappa shape index (κ1) is 29.4. The first-order valence-corrected chi connectivity index (χ1v) is 12.5. The fourth-order valence-electron chi connectivity index (χ4n) is 3.16. The lowest BCUT2D eigenvalue weighted by Crippen LogP contribution is -2.59. The molecular formula is C23H36N4O6S. The number of hydrogen-bond acceptors (Lipinski definition) is 7. The van der Waals surface area contributed by atoms with Gasteiger partial charge in [0.25, 0.3) is 0 Å². The van der Waals surface area contributed by atoms with E-state index in [0.29, 0.717) is 12.2 Å². The van der Waals surface area contributed by atoms with Crippen LogP contribution in [0.4, 0.5) is 0 Å². The van der Waals surface area contributed by atoms with E-state index >= 15 is 0 Å². The molecule has 0 aliphatic rings. The third-order valence-electron chi connectivity index (χ3n) is 5.17. The number of carboxylic acids is 1. The molecule has 0 aliphatic carbocycles. The Hall–Kier alpha value is -2.63. The molecule has 0 fully saturated rings. The third kappa shape index (κ3) is 9.70. The molecule has 10 nitrogen and oxygen atoms in total. The highest BCUT2D eigenvalue weighted by Crippen LogP contribution is 2.08. The number of hydrogen-bond donors (Lipinski definition) is 6. The Balaban J connectivity index is 2.89. The lowest BCUT2D eigenvalue weighted by molar-refractivity contribution is -0.145. The maximum atomic E-state index is 13.0. The highest BCUT2D eigenvalue weighted by atomic mass is 32.2. The minimum absolute atomic E-state index is 0.233. The SMILES string of the molecule is CSCCC(NC(=O)C(NC(=O)C(N)Cc1ccccc1)C(C)C)C(=O)NC(C(=O)O)C(C)O. The molecule has 0 saturated carbocycles. The van der Waals surface area contributed by atoms with Gasteiger partial charge in [0.15, 0.2) is 6.04 Å². The summed E-state index contributed by atoms with van der Waals surface area (Å²) in [5.41, 5.74) is 6.92. The van der Waals surface area contributed by atoms with Gasteiger partial charge in [-0.05, 0) is 43.3 Å². The quantitative estimate of drug-likeness (QED) is 0.207. The van der Waals surface area contributed by atoms with Crippen LogP contribution in [0.3, 0.4) is 0 Å². The van der Waals surface area contributed by atoms with Crippen molar-refractivity contribution < 1.29 is 29.4 Å². The van der Waals surface area contributed by atoms with E-state index in [-0.39, 0.29) is 12.3 Å². The molecule has 34 heavy (non-hydrogen) atoms. The number of rotatable bonds is 14. The Labute approximate surface area is 204 Å². The summed E-state index contributed by atoms with van der Waals surface area (Å²) in [6, 6.07) is 4.87. The van der Waals surface area contributed by atoms with Crippen LogP contribution in [-0.2, 0) is 25.6 Å². The van der Waals surface area contributed by atoms with Gasteiger partial charge in [0.2, 0.25) is 17.7 Å². The van der Waals surface area contributed by atoms with Crippen LogP contribution < -0.4 is 21.7 Å². The average Bonchev–Trinajstić information content (AvgIpc) is 2.77. The lowest BCUT2D eigenvalue weighted by atomic mass is 10.0. The zero-order valence-corrected chi connectivity index (χ0v) is 20.8. The van der Waals surface area contributed by atoms with Crippen LogP contribution in [-0.4, -0.2) is 76.2 Å². The average molecular weight is 497 g/mol. The van der Waals surface area contributed by atoms with Gasteiger partial charge >= 0.3 is 5.97 Å². The van der Waals surface area contributed by atoms with E-state index in [1.54, 1.807) is 13.8 Å². The Kier molecular flexibility index (Phi) is 12.6. The summed E-state index contributed by atoms with van der Waals surface area (Å²) in [4.78, 5) is 49.7. The molecule has 7 N–H and O–H groups in total. The van der Waals surface area contributed by atoms with Gasteiger partial charge in [-0.1, -0.05) is 44.2 Å². The van der Waals surface area contributed by atoms with Crippen LogP contribution in [0.5, 0.6) is 0 Å². The second kappa shape index (κ2) is 14.6. The van der Waals surface area contributed by atoms with Gasteiger partial charge in [-0.2, -0.15) is 11.8 Å². The van der Waals surface area contributed by atoms with Crippen molar-refractivity contribution in [1.29, 1.82) is 0 Å². The number of carbonyl (C=O) groups is 4. The van der Waals surface area contributed by atoms with Gasteiger partial charge in [0.05, 0.1) is 12.1 Å². The zero-order chi connectivity index (χ0) is 25.8. The first-order chi connectivity index (χ1) is 16.0. The standard InChI is InChI=1S/C23H36N4O6S/c1-13(2)18(26-20(29)16(24)12-15-8-6-5-7-9-15)22(31)25-17(10-11-34-4)21(30)27-19(14(3)28)23(32)33/h5-9,13-14,16-19,28H,10-12,24H2,1-4H3,(H,25,31)(H,26,29)(H,27,30)(H,32,33). The zero-order valence-electron chi connectivity index (χ0n) is 20.0. The molecule has 1 aromatic rings. The number of amides is 3. The number of aliphatic hydroxyl groups excluding tert-OH is 1. The molecule has 5 unspecified atom stereocenters. The summed E-state index contributed by atoms with van der Waals surface area (Å²) in [5, 5.41) is 26.4. The van der Waals surface area contributed by atoms with Gasteiger partial charge < -0.3 is 31.9 Å². The summed E-state index contributed by atoms with van der Waals surface area (Å²) < 4.78 is 0. The van der Waals surface area contributed by atoms with Crippen LogP contribution in [0.1, 0.15) is 32.8 Å². The number of aliphatic carboxylic acids is 1. The second-order valence-corrected chi connectivity index (χ2v) is 9.42. The topological polar surface area (TPSA) is 171 Å². The molecule has 0 spiro atoms. The largest absolute Gasteiger partial charge is 0.480 e. The van der Waals surface area contributed by atoms with Crippen molar-refractivity contribution >= 4 is 35.5 Å². The van der Waals surface area contributed by atoms with E-state index in [4.69, 9.17) is 5.73 Å². The lowest BCUT2D eigenvalue weighted by Gasteiger charge is -2.27. The number of benzene rings is 1. The van der Waals surface area contributed by atoms with Crippen molar-refractivity contribution in [3.8, 4) is 0 Å². The molecule has 0 heterocycles. The van der Waals surface area contributed by atoms with E-state index < -0.39 is 54.0 Å². The molecule has 0 bridgehead atoms. The first-order valence-electron chi connectivity index (χ1n) is 11.1. The minimum atomic E-state index is -1.52. The maximum Gasteiger partial charge on any atom is 0.328 e. The van der Waals surface area contributed by atoms with Crippen molar-refractivity contribution in [2.45, 2.75) is 63.9 Å². The highest BCUT2D eigenvalue weighted by molar-refractivity contribution is 7.98. The number of aliphatic hydroxyl groups is 1. The van der Waals surface area contributed by atoms with E-state index in [2.05, 4.69) is 16.0 Å². The molecular weight excluding hydrogens is 460 g/mol. The fraction of sp³-hybridized carbons (Fsp3) is 0.565. The van der Waals surface area contributed by atoms with Crippen LogP contribution in [0, 0.1) is 5.92 Å². The molecule has 0 aromatic heterocycles. The predicted octanol–water partition coefficient (Wildman–Crippen LogP) is -0.115. The molecule has 1 rings (SSSR count). The molecule has 0 radical (unpaired) electrons. The van der Waals surface area contributed by atoms with E-state index in [9.17, 15) is 29.4 Å². The molecule has 1 aromatic carbocycles. The maximum absolute atomic E-state index is 13.0. The van der Waals surface area contributed by atoms with E-state index in [1.165, 1.54) is 18.7 Å². The van der Waals surface area contributed by atoms with Gasteiger partial charge in [-0.25, -0.2) is 4.79 Å². The summed E-state index contributed by atoms with van der Waals surface area (Å²) >= 11 is 1.45. The molecule has 11 heteroatoms. The Morgan fingerprint density at radius 2 is 1.53 bits per heavy atom. The van der Waals surface area contributed by atoms with Crippen molar-refractivity contribution in [1.82, 2.24) is 16.0 Å². The number of nitrogens with one attached hydrogen (secondary N) is 3. The molecule has 0 aliphatic heterocycles. The number of carboxylic acid groups (broad SMARTS) is 1. The van der Waals surface area contributed by atoms with Crippen molar-refractivity contribution in [3.63, 3.8) is 0 Å². The molecule has 3 amide bonds. The Bertz CT molecular complexity index is 821. The summed E-state index contributed by atoms with van der Waals surface area (Å²) in [5.74, 6) is -2.99. The fourth-order valence-corrected chi connectivity index (χ4v) is 3.64. The number of thioether (sulfide) groups is 1. The Morgan fingerprint density at radius 1 is 0.941 bits per heavy atom. The van der Waals surface area contributed by atoms with Gasteiger partial charge in [0.1, 0.15) is 12.1 Å². The third-order valence-corrected chi connectivity index (χ3v) is 5.82. The highest BCUT2D eigenvalue weighted by Gasteiger charge is 2.32. The predicted molar refractivity (Wildman–Crippen MR) is 131 cm³/mol. The summed E-state index contributed by atoms with van der Waals surface area (Å²) in [7, 11) is 0. The number of carbonyl (C=O) groups excluding carboxylic acids is 3. The van der Waals surface area contributed by atoms with Crippen LogP contribution >= 0.6 is 11.8 Å². The van der Waals surface area contributed by atoms with Gasteiger partial charge in [-0.15, -0.1) is 0 Å². The summed E-state index contributed by atoms with van der Waals surface area (Å²) in [6.07, 6.45) is 1.04. The van der Waals surface area contributed by atoms with Crippen LogP contribution in [0.25, 0.3) is 0 Å². The van der Waals surface area contributed by atoms with E-state index in [0.717, 1.165) is 5.56 Å². The van der Waals surface area contributed by atoms with E-state index in [1.807, 2.05) is 36.6 Å². The normalized spacial score (nSPS) is 15.5. The minimum Gasteiger partial charge on any atom is -0.480 e. The van der Waals surface area contributed by atoms with Gasteiger partial charge in [-0.3, -0.25) is 14.4 Å². The molecule has 0 saturated heterocycles. The van der Waals surface area contributed by atoms with Crippen molar-refractivity contribution in [2.24, 2.45) is 11.7 Å².